The van der Waals surface area contributed by atoms with Crippen molar-refractivity contribution in [2.24, 2.45) is 0 Å². The number of ether oxygens (including phenoxy) is 4. The topological polar surface area (TPSA) is 57.2 Å². The quantitative estimate of drug-likeness (QED) is 0.789. The van der Waals surface area contributed by atoms with Gasteiger partial charge < -0.3 is 23.8 Å². The zero-order valence-electron chi connectivity index (χ0n) is 12.8. The molecular formula is C16H19NO5. The number of hydrogen-bond acceptors (Lipinski definition) is 5. The Kier molecular flexibility index (Phi) is 3.06. The molecule has 4 rings (SSSR count). The monoisotopic (exact) mass is 305 g/mol. The molecule has 118 valence electrons. The Morgan fingerprint density at radius 2 is 2.09 bits per heavy atom. The van der Waals surface area contributed by atoms with Gasteiger partial charge in [-0.1, -0.05) is 0 Å². The van der Waals surface area contributed by atoms with Crippen molar-refractivity contribution < 1.29 is 23.7 Å². The zero-order valence-corrected chi connectivity index (χ0v) is 12.8. The van der Waals surface area contributed by atoms with Gasteiger partial charge in [0.25, 0.3) is 0 Å². The lowest BCUT2D eigenvalue weighted by molar-refractivity contribution is -0.171. The molecular weight excluding hydrogens is 286 g/mol. The first-order valence-electron chi connectivity index (χ1n) is 7.51. The molecule has 2 heterocycles. The molecule has 0 radical (unpaired) electrons. The normalized spacial score (nSPS) is 24.5. The summed E-state index contributed by atoms with van der Waals surface area (Å²) in [6, 6.07) is 2.00. The standard InChI is InChI=1S/C16H19NO5/c1-19-12-7-10-3-4-17(9-18)11-8-16(21-5-6-22-16)14(13(10)11)15(12)20-2/h7,9,11H,3-6,8H2,1-2H3. The predicted octanol–water partition coefficient (Wildman–Crippen LogP) is 1.36. The third-order valence-electron chi connectivity index (χ3n) is 4.90. The minimum Gasteiger partial charge on any atom is -0.493 e. The molecule has 1 saturated heterocycles. The molecule has 0 aromatic heterocycles. The summed E-state index contributed by atoms with van der Waals surface area (Å²) >= 11 is 0. The number of carbonyl (C=O) groups is 1. The minimum atomic E-state index is -0.819. The number of hydrogen-bond donors (Lipinski definition) is 0. The van der Waals surface area contributed by atoms with E-state index < -0.39 is 5.79 Å². The van der Waals surface area contributed by atoms with Gasteiger partial charge in [-0.25, -0.2) is 0 Å². The third-order valence-corrected chi connectivity index (χ3v) is 4.90. The van der Waals surface area contributed by atoms with Gasteiger partial charge in [-0.15, -0.1) is 0 Å². The van der Waals surface area contributed by atoms with E-state index in [9.17, 15) is 4.79 Å². The molecule has 0 bridgehead atoms. The van der Waals surface area contributed by atoms with E-state index in [4.69, 9.17) is 18.9 Å². The first kappa shape index (κ1) is 13.8. The summed E-state index contributed by atoms with van der Waals surface area (Å²) in [7, 11) is 3.25. The second-order valence-corrected chi connectivity index (χ2v) is 5.82. The average Bonchev–Trinajstić information content (AvgIpc) is 3.15. The lowest BCUT2D eigenvalue weighted by atomic mass is 9.92. The van der Waals surface area contributed by atoms with Crippen LogP contribution in [0.5, 0.6) is 11.5 Å². The second-order valence-electron chi connectivity index (χ2n) is 5.82. The third kappa shape index (κ3) is 1.65. The van der Waals surface area contributed by atoms with Gasteiger partial charge in [0.1, 0.15) is 0 Å². The van der Waals surface area contributed by atoms with Crippen LogP contribution in [0.3, 0.4) is 0 Å². The number of benzene rings is 1. The number of nitrogens with zero attached hydrogens (tertiary/aromatic N) is 1. The van der Waals surface area contributed by atoms with Gasteiger partial charge in [0.15, 0.2) is 11.5 Å². The molecule has 3 aliphatic rings. The number of fused-ring (bicyclic) bond motifs is 1. The maximum absolute atomic E-state index is 11.4. The van der Waals surface area contributed by atoms with Gasteiger partial charge in [0.2, 0.25) is 12.2 Å². The van der Waals surface area contributed by atoms with Crippen LogP contribution in [0, 0.1) is 0 Å². The second kappa shape index (κ2) is 4.86. The average molecular weight is 305 g/mol. The van der Waals surface area contributed by atoms with E-state index in [1.54, 1.807) is 14.2 Å². The van der Waals surface area contributed by atoms with E-state index in [0.717, 1.165) is 24.0 Å². The van der Waals surface area contributed by atoms with Gasteiger partial charge in [0.05, 0.1) is 39.0 Å². The van der Waals surface area contributed by atoms with Crippen LogP contribution in [0.25, 0.3) is 0 Å². The highest BCUT2D eigenvalue weighted by Gasteiger charge is 2.54. The zero-order chi connectivity index (χ0) is 15.3. The van der Waals surface area contributed by atoms with E-state index in [-0.39, 0.29) is 6.04 Å². The molecule has 1 aromatic rings. The highest BCUT2D eigenvalue weighted by atomic mass is 16.7. The highest BCUT2D eigenvalue weighted by Crippen LogP contribution is 2.58. The summed E-state index contributed by atoms with van der Waals surface area (Å²) in [5.74, 6) is 0.522. The van der Waals surface area contributed by atoms with Crippen molar-refractivity contribution in [2.45, 2.75) is 24.7 Å². The van der Waals surface area contributed by atoms with Crippen molar-refractivity contribution in [3.05, 3.63) is 22.8 Å². The molecule has 2 aliphatic heterocycles. The molecule has 6 nitrogen and oxygen atoms in total. The van der Waals surface area contributed by atoms with E-state index >= 15 is 0 Å². The van der Waals surface area contributed by atoms with Crippen LogP contribution < -0.4 is 9.47 Å². The van der Waals surface area contributed by atoms with E-state index in [0.29, 0.717) is 37.7 Å². The Hall–Kier alpha value is -1.79. The number of rotatable bonds is 3. The first-order valence-corrected chi connectivity index (χ1v) is 7.51. The Morgan fingerprint density at radius 3 is 2.73 bits per heavy atom. The fourth-order valence-corrected chi connectivity index (χ4v) is 4.02. The van der Waals surface area contributed by atoms with Crippen molar-refractivity contribution in [2.75, 3.05) is 34.0 Å². The van der Waals surface area contributed by atoms with Gasteiger partial charge in [-0.3, -0.25) is 4.79 Å². The fraction of sp³-hybridized carbons (Fsp3) is 0.562. The fourth-order valence-electron chi connectivity index (χ4n) is 4.02. The molecule has 1 amide bonds. The summed E-state index contributed by atoms with van der Waals surface area (Å²) in [6.45, 7) is 1.79. The largest absolute Gasteiger partial charge is 0.493 e. The van der Waals surface area contributed by atoms with Gasteiger partial charge in [-0.05, 0) is 23.6 Å². The number of methoxy groups -OCH3 is 2. The van der Waals surface area contributed by atoms with Crippen molar-refractivity contribution in [3.63, 3.8) is 0 Å². The first-order chi connectivity index (χ1) is 10.7. The van der Waals surface area contributed by atoms with E-state index in [1.807, 2.05) is 11.0 Å². The Bertz CT molecular complexity index is 623. The van der Waals surface area contributed by atoms with E-state index in [1.165, 1.54) is 5.56 Å². The Balaban J connectivity index is 1.99. The number of carbonyl (C=O) groups excluding carboxylic acids is 1. The molecule has 1 aromatic carbocycles. The maximum Gasteiger partial charge on any atom is 0.210 e. The molecule has 6 heteroatoms. The molecule has 1 spiro atoms. The lowest BCUT2D eigenvalue weighted by Crippen LogP contribution is -2.33. The molecule has 0 N–H and O–H groups in total. The van der Waals surface area contributed by atoms with Crippen LogP contribution >= 0.6 is 0 Å². The predicted molar refractivity (Wildman–Crippen MR) is 77.0 cm³/mol. The molecule has 1 atom stereocenters. The van der Waals surface area contributed by atoms with Crippen molar-refractivity contribution in [3.8, 4) is 11.5 Å². The van der Waals surface area contributed by atoms with Crippen LogP contribution in [-0.4, -0.2) is 45.3 Å². The summed E-state index contributed by atoms with van der Waals surface area (Å²) in [4.78, 5) is 13.3. The van der Waals surface area contributed by atoms with Gasteiger partial charge >= 0.3 is 0 Å². The molecule has 22 heavy (non-hydrogen) atoms. The molecule has 1 fully saturated rings. The van der Waals surface area contributed by atoms with Crippen LogP contribution in [-0.2, 0) is 26.5 Å². The SMILES string of the molecule is COc1cc2c3c(c1OC)C1(CC3N(C=O)CC2)OCCO1. The van der Waals surface area contributed by atoms with Crippen molar-refractivity contribution >= 4 is 6.41 Å². The summed E-state index contributed by atoms with van der Waals surface area (Å²) in [6.07, 6.45) is 2.33. The smallest absolute Gasteiger partial charge is 0.210 e. The lowest BCUT2D eigenvalue weighted by Gasteiger charge is -2.32. The molecule has 0 saturated carbocycles. The minimum absolute atomic E-state index is 0.0193. The Morgan fingerprint density at radius 1 is 1.32 bits per heavy atom. The number of amides is 1. The van der Waals surface area contributed by atoms with Gasteiger partial charge in [-0.2, -0.15) is 0 Å². The van der Waals surface area contributed by atoms with Crippen LogP contribution in [0.15, 0.2) is 6.07 Å². The summed E-state index contributed by atoms with van der Waals surface area (Å²) in [5.41, 5.74) is 3.20. The Labute approximate surface area is 128 Å². The maximum atomic E-state index is 11.4. The van der Waals surface area contributed by atoms with Crippen LogP contribution in [0.4, 0.5) is 0 Å². The van der Waals surface area contributed by atoms with Gasteiger partial charge in [0, 0.05) is 13.0 Å². The summed E-state index contributed by atoms with van der Waals surface area (Å²) in [5, 5.41) is 0. The van der Waals surface area contributed by atoms with E-state index in [2.05, 4.69) is 0 Å². The molecule has 1 aliphatic carbocycles. The van der Waals surface area contributed by atoms with Crippen LogP contribution in [0.1, 0.15) is 29.2 Å². The summed E-state index contributed by atoms with van der Waals surface area (Å²) < 4.78 is 23.1. The molecule has 1 unspecified atom stereocenters. The van der Waals surface area contributed by atoms with Crippen LogP contribution in [0.2, 0.25) is 0 Å². The van der Waals surface area contributed by atoms with Crippen molar-refractivity contribution in [1.82, 2.24) is 4.90 Å². The van der Waals surface area contributed by atoms with Crippen molar-refractivity contribution in [1.29, 1.82) is 0 Å². The highest BCUT2D eigenvalue weighted by molar-refractivity contribution is 5.63.